The molecule has 1 aromatic rings. The smallest absolute Gasteiger partial charge is 0.171 e. The van der Waals surface area contributed by atoms with Gasteiger partial charge in [-0.15, -0.1) is 0 Å². The van der Waals surface area contributed by atoms with E-state index in [1.165, 1.54) is 5.56 Å². The summed E-state index contributed by atoms with van der Waals surface area (Å²) in [5, 5.41) is 0.455. The number of ether oxygens (including phenoxy) is 1. The summed E-state index contributed by atoms with van der Waals surface area (Å²) < 4.78 is 5.09. The van der Waals surface area contributed by atoms with Gasteiger partial charge in [0.15, 0.2) is 10.9 Å². The van der Waals surface area contributed by atoms with E-state index in [4.69, 9.17) is 16.3 Å². The summed E-state index contributed by atoms with van der Waals surface area (Å²) >= 11 is 5.90. The lowest BCUT2D eigenvalue weighted by Crippen LogP contribution is -2.07. The third-order valence-electron chi connectivity index (χ3n) is 2.19. The summed E-state index contributed by atoms with van der Waals surface area (Å²) in [6.07, 6.45) is 0. The van der Waals surface area contributed by atoms with Crippen LogP contribution in [0.1, 0.15) is 11.3 Å². The third kappa shape index (κ3) is 1.49. The maximum absolute atomic E-state index is 5.90. The normalized spacial score (nSPS) is 15.9. The summed E-state index contributed by atoms with van der Waals surface area (Å²) in [6.45, 7) is 1.80. The highest BCUT2D eigenvalue weighted by molar-refractivity contribution is 6.30. The van der Waals surface area contributed by atoms with Crippen LogP contribution in [0.25, 0.3) is 0 Å². The second-order valence-electron chi connectivity index (χ2n) is 3.26. The summed E-state index contributed by atoms with van der Waals surface area (Å²) in [5.74, 6) is 0.663. The fraction of sp³-hybridized carbons (Fsp3) is 0.444. The van der Waals surface area contributed by atoms with Crippen molar-refractivity contribution in [3.8, 4) is 5.75 Å². The van der Waals surface area contributed by atoms with Crippen molar-refractivity contribution >= 4 is 11.6 Å². The Bertz CT molecular complexity index is 341. The molecule has 70 valence electrons. The van der Waals surface area contributed by atoms with Gasteiger partial charge in [-0.1, -0.05) is 11.6 Å². The minimum atomic E-state index is 0.455. The molecular weight excluding hydrogens is 188 g/mol. The van der Waals surface area contributed by atoms with Crippen molar-refractivity contribution in [3.05, 3.63) is 22.5 Å². The highest BCUT2D eigenvalue weighted by atomic mass is 35.5. The number of aromatic nitrogens is 1. The first kappa shape index (κ1) is 8.78. The molecule has 13 heavy (non-hydrogen) atoms. The van der Waals surface area contributed by atoms with E-state index in [1.54, 1.807) is 7.11 Å². The maximum atomic E-state index is 5.90. The van der Waals surface area contributed by atoms with Crippen molar-refractivity contribution < 1.29 is 4.74 Å². The van der Waals surface area contributed by atoms with Crippen LogP contribution in [-0.4, -0.2) is 24.0 Å². The molecule has 2 heterocycles. The molecule has 2 rings (SSSR count). The van der Waals surface area contributed by atoms with Crippen LogP contribution < -0.4 is 4.74 Å². The molecule has 0 spiro atoms. The predicted molar refractivity (Wildman–Crippen MR) is 51.0 cm³/mol. The second-order valence-corrected chi connectivity index (χ2v) is 3.62. The van der Waals surface area contributed by atoms with E-state index in [-0.39, 0.29) is 0 Å². The molecule has 0 N–H and O–H groups in total. The Kier molecular flexibility index (Phi) is 2.14. The minimum Gasteiger partial charge on any atom is -0.494 e. The van der Waals surface area contributed by atoms with Crippen molar-refractivity contribution in [1.82, 2.24) is 9.88 Å². The van der Waals surface area contributed by atoms with Crippen LogP contribution in [0.3, 0.4) is 0 Å². The van der Waals surface area contributed by atoms with Gasteiger partial charge in [0, 0.05) is 13.1 Å². The fourth-order valence-electron chi connectivity index (χ4n) is 1.57. The SMILES string of the molecule is COc1cc2c(nc1Cl)CN(C)C2. The predicted octanol–water partition coefficient (Wildman–Crippen LogP) is 1.69. The van der Waals surface area contributed by atoms with Gasteiger partial charge in [0.05, 0.1) is 12.8 Å². The first-order chi connectivity index (χ1) is 6.20. The molecule has 0 saturated heterocycles. The Morgan fingerprint density at radius 2 is 2.31 bits per heavy atom. The lowest BCUT2D eigenvalue weighted by Gasteiger charge is -2.04. The molecule has 0 unspecified atom stereocenters. The second kappa shape index (κ2) is 3.16. The molecule has 4 heteroatoms. The van der Waals surface area contributed by atoms with E-state index in [0.29, 0.717) is 10.9 Å². The molecule has 0 radical (unpaired) electrons. The van der Waals surface area contributed by atoms with Gasteiger partial charge in [-0.3, -0.25) is 4.90 Å². The van der Waals surface area contributed by atoms with E-state index >= 15 is 0 Å². The zero-order valence-electron chi connectivity index (χ0n) is 7.67. The highest BCUT2D eigenvalue weighted by Crippen LogP contribution is 2.29. The Morgan fingerprint density at radius 3 is 3.00 bits per heavy atom. The van der Waals surface area contributed by atoms with Gasteiger partial charge in [-0.2, -0.15) is 0 Å². The Balaban J connectivity index is 2.44. The molecule has 1 aromatic heterocycles. The molecule has 0 fully saturated rings. The van der Waals surface area contributed by atoms with E-state index in [0.717, 1.165) is 18.8 Å². The standard InChI is InChI=1S/C9H11ClN2O/c1-12-4-6-3-8(13-2)9(10)11-7(6)5-12/h3H,4-5H2,1-2H3. The summed E-state index contributed by atoms with van der Waals surface area (Å²) in [6, 6.07) is 1.97. The van der Waals surface area contributed by atoms with Crippen molar-refractivity contribution in [2.24, 2.45) is 0 Å². The third-order valence-corrected chi connectivity index (χ3v) is 2.46. The van der Waals surface area contributed by atoms with Crippen LogP contribution in [0, 0.1) is 0 Å². The molecular formula is C9H11ClN2O. The van der Waals surface area contributed by atoms with Crippen molar-refractivity contribution in [2.45, 2.75) is 13.1 Å². The largest absolute Gasteiger partial charge is 0.494 e. The first-order valence-corrected chi connectivity index (χ1v) is 4.49. The Morgan fingerprint density at radius 1 is 1.54 bits per heavy atom. The van der Waals surface area contributed by atoms with Gasteiger partial charge < -0.3 is 4.74 Å². The lowest BCUT2D eigenvalue weighted by molar-refractivity contribution is 0.351. The molecule has 0 aromatic carbocycles. The zero-order chi connectivity index (χ0) is 9.42. The average Bonchev–Trinajstić information content (AvgIpc) is 2.42. The topological polar surface area (TPSA) is 25.4 Å². The fourth-order valence-corrected chi connectivity index (χ4v) is 1.80. The Hall–Kier alpha value is -0.800. The van der Waals surface area contributed by atoms with Crippen LogP contribution >= 0.6 is 11.6 Å². The molecule has 1 aliphatic heterocycles. The molecule has 0 amide bonds. The van der Waals surface area contributed by atoms with Gasteiger partial charge in [0.25, 0.3) is 0 Å². The van der Waals surface area contributed by atoms with Crippen LogP contribution in [-0.2, 0) is 13.1 Å². The summed E-state index contributed by atoms with van der Waals surface area (Å²) in [7, 11) is 3.66. The average molecular weight is 199 g/mol. The van der Waals surface area contributed by atoms with Crippen LogP contribution in [0.4, 0.5) is 0 Å². The van der Waals surface area contributed by atoms with Gasteiger partial charge in [-0.05, 0) is 18.7 Å². The number of methoxy groups -OCH3 is 1. The molecule has 0 bridgehead atoms. The lowest BCUT2D eigenvalue weighted by atomic mass is 10.2. The van der Waals surface area contributed by atoms with Gasteiger partial charge in [-0.25, -0.2) is 4.98 Å². The van der Waals surface area contributed by atoms with E-state index in [9.17, 15) is 0 Å². The number of hydrogen-bond donors (Lipinski definition) is 0. The number of fused-ring (bicyclic) bond motifs is 1. The molecule has 0 atom stereocenters. The summed E-state index contributed by atoms with van der Waals surface area (Å²) in [4.78, 5) is 6.46. The van der Waals surface area contributed by atoms with Crippen LogP contribution in [0.15, 0.2) is 6.07 Å². The van der Waals surface area contributed by atoms with Crippen molar-refractivity contribution in [2.75, 3.05) is 14.2 Å². The number of pyridine rings is 1. The number of nitrogens with zero attached hydrogens (tertiary/aromatic N) is 2. The van der Waals surface area contributed by atoms with E-state index < -0.39 is 0 Å². The molecule has 0 saturated carbocycles. The van der Waals surface area contributed by atoms with Crippen molar-refractivity contribution in [1.29, 1.82) is 0 Å². The van der Waals surface area contributed by atoms with Crippen LogP contribution in [0.5, 0.6) is 5.75 Å². The molecule has 1 aliphatic rings. The summed E-state index contributed by atoms with van der Waals surface area (Å²) in [5.41, 5.74) is 2.28. The highest BCUT2D eigenvalue weighted by Gasteiger charge is 2.19. The number of rotatable bonds is 1. The van der Waals surface area contributed by atoms with Gasteiger partial charge in [0.1, 0.15) is 0 Å². The molecule has 0 aliphatic carbocycles. The first-order valence-electron chi connectivity index (χ1n) is 4.11. The minimum absolute atomic E-state index is 0.455. The van der Waals surface area contributed by atoms with Gasteiger partial charge >= 0.3 is 0 Å². The van der Waals surface area contributed by atoms with Crippen molar-refractivity contribution in [3.63, 3.8) is 0 Å². The zero-order valence-corrected chi connectivity index (χ0v) is 8.43. The Labute approximate surface area is 82.3 Å². The van der Waals surface area contributed by atoms with E-state index in [2.05, 4.69) is 16.9 Å². The van der Waals surface area contributed by atoms with Gasteiger partial charge in [0.2, 0.25) is 0 Å². The molecule has 3 nitrogen and oxygen atoms in total. The van der Waals surface area contributed by atoms with Crippen LogP contribution in [0.2, 0.25) is 5.15 Å². The van der Waals surface area contributed by atoms with E-state index in [1.807, 2.05) is 6.07 Å². The maximum Gasteiger partial charge on any atom is 0.171 e. The number of halogens is 1. The quantitative estimate of drug-likeness (QED) is 0.643. The monoisotopic (exact) mass is 198 g/mol. The number of hydrogen-bond acceptors (Lipinski definition) is 3.